The first kappa shape index (κ1) is 28.0. The normalized spacial score (nSPS) is 16.9. The zero-order valence-electron chi connectivity index (χ0n) is 22.9. The van der Waals surface area contributed by atoms with E-state index in [4.69, 9.17) is 25.8 Å². The number of halogens is 1. The molecule has 1 fully saturated rings. The molecule has 3 aromatic carbocycles. The van der Waals surface area contributed by atoms with Gasteiger partial charge in [0.15, 0.2) is 0 Å². The molecular weight excluding hydrogens is 518 g/mol. The number of amides is 1. The van der Waals surface area contributed by atoms with Crippen molar-refractivity contribution in [3.8, 4) is 17.2 Å². The number of aliphatic hydroxyl groups excluding tert-OH is 1. The quantitative estimate of drug-likeness (QED) is 0.212. The van der Waals surface area contributed by atoms with Crippen molar-refractivity contribution in [3.05, 3.63) is 93.5 Å². The average Bonchev–Trinajstić information content (AvgIpc) is 3.17. The SMILES string of the molecule is COc1ccc(CN2C(=O)C(=O)/C(=C(/O)c3cc(OC)c(Cl)cc3OC)C2c2ccc(C(C)(C)C)cc2)cc1. The summed E-state index contributed by atoms with van der Waals surface area (Å²) in [6, 6.07) is 17.2. The molecule has 7 nitrogen and oxygen atoms in total. The molecule has 1 saturated heterocycles. The lowest BCUT2D eigenvalue weighted by Crippen LogP contribution is -2.29. The molecule has 204 valence electrons. The number of rotatable bonds is 7. The van der Waals surface area contributed by atoms with Crippen LogP contribution in [-0.2, 0) is 21.5 Å². The van der Waals surface area contributed by atoms with Crippen molar-refractivity contribution in [1.29, 1.82) is 0 Å². The van der Waals surface area contributed by atoms with Crippen molar-refractivity contribution >= 4 is 29.1 Å². The molecule has 8 heteroatoms. The van der Waals surface area contributed by atoms with Crippen LogP contribution in [0.1, 0.15) is 49.1 Å². The Labute approximate surface area is 233 Å². The standard InChI is InChI=1S/C31H32ClNO6/c1-31(2,3)20-11-9-19(10-12-20)27-26(28(34)22-15-25(39-6)23(32)16-24(22)38-5)29(35)30(36)33(27)17-18-7-13-21(37-4)14-8-18/h7-16,27,34H,17H2,1-6H3/b28-26+. The zero-order chi connectivity index (χ0) is 28.5. The molecular formula is C31H32ClNO6. The number of hydrogen-bond donors (Lipinski definition) is 1. The highest BCUT2D eigenvalue weighted by Crippen LogP contribution is 2.44. The lowest BCUT2D eigenvalue weighted by atomic mass is 9.85. The van der Waals surface area contributed by atoms with E-state index in [0.717, 1.165) is 11.1 Å². The van der Waals surface area contributed by atoms with E-state index >= 15 is 0 Å². The van der Waals surface area contributed by atoms with E-state index in [1.54, 1.807) is 19.2 Å². The zero-order valence-corrected chi connectivity index (χ0v) is 23.6. The largest absolute Gasteiger partial charge is 0.507 e. The number of ether oxygens (including phenoxy) is 3. The minimum atomic E-state index is -0.840. The van der Waals surface area contributed by atoms with Crippen LogP contribution in [0.25, 0.3) is 5.76 Å². The smallest absolute Gasteiger partial charge is 0.295 e. The van der Waals surface area contributed by atoms with E-state index in [0.29, 0.717) is 11.3 Å². The third-order valence-corrected chi connectivity index (χ3v) is 7.17. The summed E-state index contributed by atoms with van der Waals surface area (Å²) >= 11 is 6.27. The molecule has 39 heavy (non-hydrogen) atoms. The molecule has 0 saturated carbocycles. The summed E-state index contributed by atoms with van der Waals surface area (Å²) < 4.78 is 16.0. The number of ketones is 1. The van der Waals surface area contributed by atoms with Gasteiger partial charge >= 0.3 is 0 Å². The van der Waals surface area contributed by atoms with Crippen LogP contribution in [0.5, 0.6) is 17.2 Å². The molecule has 0 spiro atoms. The number of hydrogen-bond acceptors (Lipinski definition) is 6. The highest BCUT2D eigenvalue weighted by atomic mass is 35.5. The highest BCUT2D eigenvalue weighted by Gasteiger charge is 2.46. The average molecular weight is 550 g/mol. The number of benzene rings is 3. The van der Waals surface area contributed by atoms with Crippen molar-refractivity contribution in [2.24, 2.45) is 0 Å². The van der Waals surface area contributed by atoms with E-state index in [1.165, 1.54) is 31.3 Å². The second-order valence-corrected chi connectivity index (χ2v) is 10.7. The van der Waals surface area contributed by atoms with Gasteiger partial charge in [0.2, 0.25) is 0 Å². The molecule has 1 amide bonds. The van der Waals surface area contributed by atoms with Gasteiger partial charge < -0.3 is 24.2 Å². The van der Waals surface area contributed by atoms with Gasteiger partial charge in [0, 0.05) is 12.6 Å². The van der Waals surface area contributed by atoms with Crippen LogP contribution in [0.3, 0.4) is 0 Å². The fourth-order valence-electron chi connectivity index (χ4n) is 4.67. The Balaban J connectivity index is 1.90. The van der Waals surface area contributed by atoms with Gasteiger partial charge in [0.1, 0.15) is 23.0 Å². The van der Waals surface area contributed by atoms with Crippen LogP contribution < -0.4 is 14.2 Å². The van der Waals surface area contributed by atoms with Gasteiger partial charge in [0.05, 0.1) is 43.5 Å². The molecule has 1 unspecified atom stereocenters. The number of methoxy groups -OCH3 is 3. The van der Waals surface area contributed by atoms with Gasteiger partial charge in [-0.25, -0.2) is 0 Å². The summed E-state index contributed by atoms with van der Waals surface area (Å²) in [5, 5.41) is 11.9. The van der Waals surface area contributed by atoms with Crippen LogP contribution in [-0.4, -0.2) is 43.0 Å². The van der Waals surface area contributed by atoms with Crippen molar-refractivity contribution < 1.29 is 28.9 Å². The molecule has 1 aliphatic rings. The fraction of sp³-hybridized carbons (Fsp3) is 0.290. The minimum Gasteiger partial charge on any atom is -0.507 e. The summed E-state index contributed by atoms with van der Waals surface area (Å²) in [7, 11) is 4.46. The Kier molecular flexibility index (Phi) is 7.93. The first-order chi connectivity index (χ1) is 18.5. The van der Waals surface area contributed by atoms with E-state index in [1.807, 2.05) is 36.4 Å². The summed E-state index contributed by atoms with van der Waals surface area (Å²) in [6.07, 6.45) is 0. The number of nitrogens with zero attached hydrogens (tertiary/aromatic N) is 1. The van der Waals surface area contributed by atoms with Crippen LogP contribution in [0.2, 0.25) is 5.02 Å². The molecule has 0 bridgehead atoms. The maximum atomic E-state index is 13.5. The van der Waals surface area contributed by atoms with Gasteiger partial charge in [-0.1, -0.05) is 68.8 Å². The van der Waals surface area contributed by atoms with E-state index in [2.05, 4.69) is 20.8 Å². The van der Waals surface area contributed by atoms with Gasteiger partial charge in [-0.15, -0.1) is 0 Å². The molecule has 1 N–H and O–H groups in total. The van der Waals surface area contributed by atoms with Crippen molar-refractivity contribution in [2.75, 3.05) is 21.3 Å². The summed E-state index contributed by atoms with van der Waals surface area (Å²) in [5.41, 5.74) is 2.66. The molecule has 0 aromatic heterocycles. The van der Waals surface area contributed by atoms with Gasteiger partial charge in [0.25, 0.3) is 11.7 Å². The number of likely N-dealkylation sites (tertiary alicyclic amines) is 1. The predicted molar refractivity (Wildman–Crippen MR) is 151 cm³/mol. The van der Waals surface area contributed by atoms with Crippen molar-refractivity contribution in [3.63, 3.8) is 0 Å². The maximum Gasteiger partial charge on any atom is 0.295 e. The molecule has 1 heterocycles. The van der Waals surface area contributed by atoms with Gasteiger partial charge in [-0.05, 0) is 40.3 Å². The van der Waals surface area contributed by atoms with Crippen molar-refractivity contribution in [2.45, 2.75) is 38.8 Å². The van der Waals surface area contributed by atoms with Gasteiger partial charge in [-0.2, -0.15) is 0 Å². The Morgan fingerprint density at radius 3 is 2.05 bits per heavy atom. The first-order valence-electron chi connectivity index (χ1n) is 12.4. The second-order valence-electron chi connectivity index (χ2n) is 10.3. The van der Waals surface area contributed by atoms with Crippen molar-refractivity contribution in [1.82, 2.24) is 4.90 Å². The van der Waals surface area contributed by atoms with Crippen LogP contribution in [0, 0.1) is 0 Å². The maximum absolute atomic E-state index is 13.5. The number of carbonyl (C=O) groups excluding carboxylic acids is 2. The molecule has 4 rings (SSSR count). The van der Waals surface area contributed by atoms with Crippen LogP contribution in [0.4, 0.5) is 0 Å². The van der Waals surface area contributed by atoms with Crippen LogP contribution >= 0.6 is 11.6 Å². The van der Waals surface area contributed by atoms with E-state index in [9.17, 15) is 14.7 Å². The number of aliphatic hydroxyl groups is 1. The third-order valence-electron chi connectivity index (χ3n) is 6.87. The fourth-order valence-corrected chi connectivity index (χ4v) is 4.90. The number of Topliss-reactive ketones (excluding diaryl/α,β-unsaturated/α-hetero) is 1. The van der Waals surface area contributed by atoms with E-state index in [-0.39, 0.29) is 45.4 Å². The Morgan fingerprint density at radius 2 is 1.51 bits per heavy atom. The Bertz CT molecular complexity index is 1420. The summed E-state index contributed by atoms with van der Waals surface area (Å²) in [6.45, 7) is 6.48. The summed E-state index contributed by atoms with van der Waals surface area (Å²) in [5.74, 6) is -0.667. The predicted octanol–water partition coefficient (Wildman–Crippen LogP) is 6.29. The Hall–Kier alpha value is -3.97. The summed E-state index contributed by atoms with van der Waals surface area (Å²) in [4.78, 5) is 28.4. The highest BCUT2D eigenvalue weighted by molar-refractivity contribution is 6.46. The first-order valence-corrected chi connectivity index (χ1v) is 12.8. The Morgan fingerprint density at radius 1 is 0.897 bits per heavy atom. The monoisotopic (exact) mass is 549 g/mol. The lowest BCUT2D eigenvalue weighted by molar-refractivity contribution is -0.140. The molecule has 0 aliphatic carbocycles. The lowest BCUT2D eigenvalue weighted by Gasteiger charge is -2.27. The molecule has 1 atom stereocenters. The van der Waals surface area contributed by atoms with Gasteiger partial charge in [-0.3, -0.25) is 9.59 Å². The third kappa shape index (κ3) is 5.45. The number of carbonyl (C=O) groups is 2. The van der Waals surface area contributed by atoms with E-state index < -0.39 is 17.7 Å². The second kappa shape index (κ2) is 11.0. The van der Waals surface area contributed by atoms with Crippen LogP contribution in [0.15, 0.2) is 66.2 Å². The minimum absolute atomic E-state index is 0.0419. The topological polar surface area (TPSA) is 85.3 Å². The molecule has 0 radical (unpaired) electrons. The molecule has 1 aliphatic heterocycles. The molecule has 3 aromatic rings.